The van der Waals surface area contributed by atoms with Crippen molar-refractivity contribution in [2.75, 3.05) is 6.54 Å². The summed E-state index contributed by atoms with van der Waals surface area (Å²) in [6.07, 6.45) is 2.79. The van der Waals surface area contributed by atoms with Crippen molar-refractivity contribution in [2.24, 2.45) is 5.73 Å². The first-order chi connectivity index (χ1) is 8.13. The van der Waals surface area contributed by atoms with E-state index in [9.17, 15) is 4.79 Å². The number of aromatic nitrogens is 1. The van der Waals surface area contributed by atoms with Crippen molar-refractivity contribution in [3.63, 3.8) is 0 Å². The summed E-state index contributed by atoms with van der Waals surface area (Å²) in [5.41, 5.74) is 8.95. The summed E-state index contributed by atoms with van der Waals surface area (Å²) >= 11 is 0. The molecule has 3 nitrogen and oxygen atoms in total. The van der Waals surface area contributed by atoms with Gasteiger partial charge in [0.25, 0.3) is 0 Å². The first-order valence-corrected chi connectivity index (χ1v) is 5.94. The van der Waals surface area contributed by atoms with Crippen molar-refractivity contribution in [2.45, 2.75) is 26.8 Å². The number of fused-ring (bicyclic) bond motifs is 1. The lowest BCUT2D eigenvalue weighted by Gasteiger charge is -2.13. The summed E-state index contributed by atoms with van der Waals surface area (Å²) in [4.78, 5) is 11.9. The normalized spacial score (nSPS) is 11.0. The molecule has 0 aliphatic rings. The van der Waals surface area contributed by atoms with Crippen LogP contribution in [0, 0.1) is 13.8 Å². The van der Waals surface area contributed by atoms with Crippen LogP contribution in [-0.2, 0) is 6.54 Å². The van der Waals surface area contributed by atoms with Crippen molar-refractivity contribution < 1.29 is 0 Å². The second-order valence-electron chi connectivity index (χ2n) is 4.49. The van der Waals surface area contributed by atoms with Crippen molar-refractivity contribution in [1.29, 1.82) is 0 Å². The second kappa shape index (κ2) is 4.72. The summed E-state index contributed by atoms with van der Waals surface area (Å²) in [7, 11) is 0. The molecule has 0 amide bonds. The van der Waals surface area contributed by atoms with Gasteiger partial charge >= 0.3 is 0 Å². The lowest BCUT2D eigenvalue weighted by atomic mass is 10.1. The van der Waals surface area contributed by atoms with E-state index in [2.05, 4.69) is 10.6 Å². The minimum absolute atomic E-state index is 0.0933. The number of aryl methyl sites for hydroxylation is 3. The fourth-order valence-electron chi connectivity index (χ4n) is 2.30. The van der Waals surface area contributed by atoms with Crippen molar-refractivity contribution in [3.05, 3.63) is 45.7 Å². The van der Waals surface area contributed by atoms with Gasteiger partial charge in [-0.1, -0.05) is 6.07 Å². The van der Waals surface area contributed by atoms with Gasteiger partial charge in [-0.2, -0.15) is 0 Å². The second-order valence-corrected chi connectivity index (χ2v) is 4.49. The molecule has 1 aromatic heterocycles. The zero-order valence-corrected chi connectivity index (χ0v) is 10.4. The van der Waals surface area contributed by atoms with E-state index in [4.69, 9.17) is 5.73 Å². The van der Waals surface area contributed by atoms with Crippen LogP contribution in [0.3, 0.4) is 0 Å². The summed E-state index contributed by atoms with van der Waals surface area (Å²) in [5, 5.41) is 0.807. The molecule has 1 heterocycles. The van der Waals surface area contributed by atoms with E-state index in [0.717, 1.165) is 35.0 Å². The Morgan fingerprint density at radius 1 is 1.29 bits per heavy atom. The van der Waals surface area contributed by atoms with E-state index in [1.807, 2.05) is 26.1 Å². The van der Waals surface area contributed by atoms with E-state index in [1.165, 1.54) is 0 Å². The third-order valence-electron chi connectivity index (χ3n) is 3.01. The van der Waals surface area contributed by atoms with E-state index in [0.29, 0.717) is 6.54 Å². The molecule has 0 spiro atoms. The van der Waals surface area contributed by atoms with Gasteiger partial charge in [-0.05, 0) is 44.0 Å². The van der Waals surface area contributed by atoms with Crippen LogP contribution in [0.2, 0.25) is 0 Å². The van der Waals surface area contributed by atoms with Crippen LogP contribution in [0.5, 0.6) is 0 Å². The van der Waals surface area contributed by atoms with Gasteiger partial charge in [0.05, 0.1) is 5.52 Å². The maximum atomic E-state index is 11.9. The van der Waals surface area contributed by atoms with Gasteiger partial charge in [-0.3, -0.25) is 4.79 Å². The SMILES string of the molecule is Cc1cc(C)c2c(c1)c(=O)ccn2CCCN. The van der Waals surface area contributed by atoms with Gasteiger partial charge in [0.2, 0.25) is 0 Å². The van der Waals surface area contributed by atoms with Gasteiger partial charge in [-0.25, -0.2) is 0 Å². The molecule has 0 saturated heterocycles. The van der Waals surface area contributed by atoms with Gasteiger partial charge < -0.3 is 10.3 Å². The summed E-state index contributed by atoms with van der Waals surface area (Å²) in [6.45, 7) is 5.59. The first kappa shape index (κ1) is 11.9. The highest BCUT2D eigenvalue weighted by atomic mass is 16.1. The summed E-state index contributed by atoms with van der Waals surface area (Å²) in [6, 6.07) is 5.71. The van der Waals surface area contributed by atoms with Crippen LogP contribution < -0.4 is 11.2 Å². The maximum Gasteiger partial charge on any atom is 0.189 e. The van der Waals surface area contributed by atoms with E-state index in [-0.39, 0.29) is 5.43 Å². The number of hydrogen-bond donors (Lipinski definition) is 1. The summed E-state index contributed by atoms with van der Waals surface area (Å²) in [5.74, 6) is 0. The zero-order chi connectivity index (χ0) is 12.4. The molecule has 0 fully saturated rings. The minimum Gasteiger partial charge on any atom is -0.347 e. The Labute approximate surface area is 101 Å². The number of nitrogens with zero attached hydrogens (tertiary/aromatic N) is 1. The third kappa shape index (κ3) is 2.24. The van der Waals surface area contributed by atoms with Gasteiger partial charge in [0.1, 0.15) is 0 Å². The molecule has 2 rings (SSSR count). The Hall–Kier alpha value is -1.61. The highest BCUT2D eigenvalue weighted by Crippen LogP contribution is 2.17. The van der Waals surface area contributed by atoms with Crippen molar-refractivity contribution >= 4 is 10.9 Å². The van der Waals surface area contributed by atoms with Crippen LogP contribution >= 0.6 is 0 Å². The average Bonchev–Trinajstić information content (AvgIpc) is 2.28. The number of rotatable bonds is 3. The molecule has 0 aliphatic heterocycles. The Morgan fingerprint density at radius 3 is 2.76 bits per heavy atom. The number of nitrogens with two attached hydrogens (primary N) is 1. The zero-order valence-electron chi connectivity index (χ0n) is 10.4. The van der Waals surface area contributed by atoms with Crippen molar-refractivity contribution in [3.8, 4) is 0 Å². The molecule has 0 bridgehead atoms. The van der Waals surface area contributed by atoms with E-state index >= 15 is 0 Å². The highest BCUT2D eigenvalue weighted by molar-refractivity contribution is 5.82. The number of pyridine rings is 1. The van der Waals surface area contributed by atoms with Crippen LogP contribution in [0.15, 0.2) is 29.2 Å². The highest BCUT2D eigenvalue weighted by Gasteiger charge is 2.06. The number of benzene rings is 1. The molecule has 2 N–H and O–H groups in total. The molecule has 0 aliphatic carbocycles. The molecular weight excluding hydrogens is 212 g/mol. The standard InChI is InChI=1S/C14H18N2O/c1-10-8-11(2)14-12(9-10)13(17)4-7-16(14)6-3-5-15/h4,7-9H,3,5-6,15H2,1-2H3. The number of hydrogen-bond acceptors (Lipinski definition) is 2. The molecule has 1 aromatic carbocycles. The van der Waals surface area contributed by atoms with Crippen LogP contribution in [0.25, 0.3) is 10.9 Å². The molecule has 17 heavy (non-hydrogen) atoms. The molecule has 90 valence electrons. The molecule has 0 saturated carbocycles. The van der Waals surface area contributed by atoms with Gasteiger partial charge in [0.15, 0.2) is 5.43 Å². The lowest BCUT2D eigenvalue weighted by Crippen LogP contribution is -2.12. The molecule has 0 atom stereocenters. The first-order valence-electron chi connectivity index (χ1n) is 5.94. The Balaban J connectivity index is 2.71. The average molecular weight is 230 g/mol. The van der Waals surface area contributed by atoms with Crippen LogP contribution in [0.4, 0.5) is 0 Å². The third-order valence-corrected chi connectivity index (χ3v) is 3.01. The van der Waals surface area contributed by atoms with Crippen LogP contribution in [0.1, 0.15) is 17.5 Å². The topological polar surface area (TPSA) is 48.0 Å². The monoisotopic (exact) mass is 230 g/mol. The molecule has 0 unspecified atom stereocenters. The fraction of sp³-hybridized carbons (Fsp3) is 0.357. The van der Waals surface area contributed by atoms with Crippen LogP contribution in [-0.4, -0.2) is 11.1 Å². The van der Waals surface area contributed by atoms with Gasteiger partial charge in [0, 0.05) is 24.2 Å². The predicted octanol–water partition coefficient (Wildman–Crippen LogP) is 1.97. The van der Waals surface area contributed by atoms with E-state index < -0.39 is 0 Å². The predicted molar refractivity (Wildman–Crippen MR) is 71.4 cm³/mol. The smallest absolute Gasteiger partial charge is 0.189 e. The lowest BCUT2D eigenvalue weighted by molar-refractivity contribution is 0.665. The molecule has 0 radical (unpaired) electrons. The van der Waals surface area contributed by atoms with Gasteiger partial charge in [-0.15, -0.1) is 0 Å². The fourth-order valence-corrected chi connectivity index (χ4v) is 2.30. The minimum atomic E-state index is 0.0933. The molecular formula is C14H18N2O. The Kier molecular flexibility index (Phi) is 3.29. The maximum absolute atomic E-state index is 11.9. The quantitative estimate of drug-likeness (QED) is 0.876. The molecule has 2 aromatic rings. The Bertz CT molecular complexity index is 599. The molecule has 3 heteroatoms. The van der Waals surface area contributed by atoms with E-state index in [1.54, 1.807) is 6.07 Å². The van der Waals surface area contributed by atoms with Crippen molar-refractivity contribution in [1.82, 2.24) is 4.57 Å². The largest absolute Gasteiger partial charge is 0.347 e. The Morgan fingerprint density at radius 2 is 2.06 bits per heavy atom. The summed E-state index contributed by atoms with van der Waals surface area (Å²) < 4.78 is 2.12.